The number of benzene rings is 1. The van der Waals surface area contributed by atoms with Crippen LogP contribution in [0, 0.1) is 0 Å². The van der Waals surface area contributed by atoms with Crippen LogP contribution in [0.3, 0.4) is 0 Å². The maximum absolute atomic E-state index is 11.3. The van der Waals surface area contributed by atoms with Crippen LogP contribution in [0.15, 0.2) is 53.1 Å². The van der Waals surface area contributed by atoms with E-state index in [4.69, 9.17) is 4.42 Å². The molecule has 1 aromatic carbocycles. The van der Waals surface area contributed by atoms with Crippen molar-refractivity contribution in [2.45, 2.75) is 0 Å². The van der Waals surface area contributed by atoms with Crippen molar-refractivity contribution in [2.75, 3.05) is 5.32 Å². The summed E-state index contributed by atoms with van der Waals surface area (Å²) < 4.78 is 6.93. The van der Waals surface area contributed by atoms with Crippen LogP contribution >= 0.6 is 0 Å². The number of aromatic nitrogens is 1. The zero-order chi connectivity index (χ0) is 14.1. The predicted molar refractivity (Wildman–Crippen MR) is 74.1 cm³/mol. The van der Waals surface area contributed by atoms with Crippen LogP contribution in [0.1, 0.15) is 10.5 Å². The Hall–Kier alpha value is -2.82. The van der Waals surface area contributed by atoms with E-state index in [1.807, 2.05) is 36.4 Å². The molecule has 5 heteroatoms. The molecule has 0 amide bonds. The Kier molecular flexibility index (Phi) is 2.87. The highest BCUT2D eigenvalue weighted by Crippen LogP contribution is 2.25. The fourth-order valence-corrected chi connectivity index (χ4v) is 2.17. The molecule has 0 saturated carbocycles. The van der Waals surface area contributed by atoms with Crippen molar-refractivity contribution >= 4 is 28.4 Å². The SMILES string of the molecule is C[n+]1c(C(=O)O)cc2occc2c1Nc1ccccc1. The molecule has 0 spiro atoms. The van der Waals surface area contributed by atoms with Gasteiger partial charge >= 0.3 is 5.97 Å². The van der Waals surface area contributed by atoms with Gasteiger partial charge in [0.2, 0.25) is 5.69 Å². The molecular weight excluding hydrogens is 256 g/mol. The van der Waals surface area contributed by atoms with Crippen LogP contribution in [0.2, 0.25) is 0 Å². The molecule has 0 unspecified atom stereocenters. The predicted octanol–water partition coefficient (Wildman–Crippen LogP) is 2.70. The first-order valence-electron chi connectivity index (χ1n) is 6.12. The van der Waals surface area contributed by atoms with Crippen molar-refractivity contribution in [3.63, 3.8) is 0 Å². The van der Waals surface area contributed by atoms with E-state index in [1.54, 1.807) is 17.9 Å². The van der Waals surface area contributed by atoms with Gasteiger partial charge in [0.25, 0.3) is 5.82 Å². The van der Waals surface area contributed by atoms with Crippen molar-refractivity contribution in [1.29, 1.82) is 0 Å². The smallest absolute Gasteiger partial charge is 0.376 e. The lowest BCUT2D eigenvalue weighted by atomic mass is 10.2. The number of pyridine rings is 1. The maximum atomic E-state index is 11.3. The van der Waals surface area contributed by atoms with Crippen molar-refractivity contribution in [3.05, 3.63) is 54.4 Å². The molecule has 0 aliphatic rings. The summed E-state index contributed by atoms with van der Waals surface area (Å²) in [6.07, 6.45) is 1.55. The van der Waals surface area contributed by atoms with E-state index in [9.17, 15) is 9.90 Å². The largest absolute Gasteiger partial charge is 0.475 e. The molecule has 5 nitrogen and oxygen atoms in total. The third-order valence-electron chi connectivity index (χ3n) is 3.17. The van der Waals surface area contributed by atoms with Gasteiger partial charge < -0.3 is 9.52 Å². The molecule has 0 aliphatic carbocycles. The van der Waals surface area contributed by atoms with Crippen LogP contribution in [-0.4, -0.2) is 11.1 Å². The Morgan fingerprint density at radius 2 is 2.00 bits per heavy atom. The third-order valence-corrected chi connectivity index (χ3v) is 3.17. The monoisotopic (exact) mass is 269 g/mol. The van der Waals surface area contributed by atoms with Gasteiger partial charge in [0.05, 0.1) is 13.3 Å². The molecule has 0 atom stereocenters. The summed E-state index contributed by atoms with van der Waals surface area (Å²) in [5.41, 5.74) is 1.58. The van der Waals surface area contributed by atoms with Crippen molar-refractivity contribution in [2.24, 2.45) is 7.05 Å². The fourth-order valence-electron chi connectivity index (χ4n) is 2.17. The topological polar surface area (TPSA) is 66.3 Å². The highest BCUT2D eigenvalue weighted by molar-refractivity contribution is 5.93. The van der Waals surface area contributed by atoms with Crippen molar-refractivity contribution < 1.29 is 18.9 Å². The number of anilines is 2. The standard InChI is InChI=1S/C15H12N2O3/c1-17-12(15(18)19)9-13-11(7-8-20-13)14(17)16-10-5-3-2-4-6-10/h2-9H,1H3,(H,18,19)/p+1. The second-order valence-corrected chi connectivity index (χ2v) is 4.43. The zero-order valence-electron chi connectivity index (χ0n) is 10.8. The van der Waals surface area contributed by atoms with Gasteiger partial charge in [0, 0.05) is 6.07 Å². The Bertz CT molecular complexity index is 778. The average Bonchev–Trinajstić information content (AvgIpc) is 2.90. The van der Waals surface area contributed by atoms with E-state index in [1.165, 1.54) is 6.07 Å². The van der Waals surface area contributed by atoms with Gasteiger partial charge in [-0.25, -0.2) is 14.7 Å². The molecule has 20 heavy (non-hydrogen) atoms. The molecule has 0 bridgehead atoms. The number of furan rings is 1. The molecule has 3 aromatic rings. The van der Waals surface area contributed by atoms with Gasteiger partial charge in [-0.3, -0.25) is 0 Å². The first kappa shape index (κ1) is 12.2. The molecule has 2 aromatic heterocycles. The Morgan fingerprint density at radius 1 is 1.25 bits per heavy atom. The molecule has 0 saturated heterocycles. The Labute approximate surface area is 115 Å². The highest BCUT2D eigenvalue weighted by Gasteiger charge is 2.22. The van der Waals surface area contributed by atoms with Crippen LogP contribution in [0.25, 0.3) is 11.0 Å². The minimum atomic E-state index is -0.998. The number of nitrogens with zero attached hydrogens (tertiary/aromatic N) is 1. The van der Waals surface area contributed by atoms with E-state index >= 15 is 0 Å². The Morgan fingerprint density at radius 3 is 2.70 bits per heavy atom. The van der Waals surface area contributed by atoms with E-state index in [2.05, 4.69) is 5.32 Å². The first-order chi connectivity index (χ1) is 9.66. The first-order valence-corrected chi connectivity index (χ1v) is 6.12. The number of rotatable bonds is 3. The van der Waals surface area contributed by atoms with Crippen LogP contribution < -0.4 is 9.88 Å². The molecule has 0 radical (unpaired) electrons. The number of aromatic carboxylic acids is 1. The maximum Gasteiger partial charge on any atom is 0.376 e. The van der Waals surface area contributed by atoms with E-state index in [-0.39, 0.29) is 5.69 Å². The van der Waals surface area contributed by atoms with Gasteiger partial charge in [-0.05, 0) is 18.2 Å². The van der Waals surface area contributed by atoms with Crippen molar-refractivity contribution in [1.82, 2.24) is 0 Å². The summed E-state index contributed by atoms with van der Waals surface area (Å²) in [4.78, 5) is 11.3. The summed E-state index contributed by atoms with van der Waals surface area (Å²) in [5.74, 6) is -0.318. The number of hydrogen-bond acceptors (Lipinski definition) is 3. The van der Waals surface area contributed by atoms with Crippen LogP contribution in [0.4, 0.5) is 11.5 Å². The van der Waals surface area contributed by atoms with Crippen LogP contribution in [-0.2, 0) is 7.05 Å². The zero-order valence-corrected chi connectivity index (χ0v) is 10.8. The quantitative estimate of drug-likeness (QED) is 0.717. The third kappa shape index (κ3) is 1.99. The summed E-state index contributed by atoms with van der Waals surface area (Å²) in [6.45, 7) is 0. The number of nitrogens with one attached hydrogen (secondary N) is 1. The van der Waals surface area contributed by atoms with Gasteiger partial charge in [-0.15, -0.1) is 0 Å². The minimum absolute atomic E-state index is 0.158. The Balaban J connectivity index is 2.20. The van der Waals surface area contributed by atoms with E-state index in [0.717, 1.165) is 11.1 Å². The van der Waals surface area contributed by atoms with Gasteiger partial charge in [-0.2, -0.15) is 0 Å². The lowest BCUT2D eigenvalue weighted by molar-refractivity contribution is -0.658. The summed E-state index contributed by atoms with van der Waals surface area (Å²) in [6, 6.07) is 12.9. The number of fused-ring (bicyclic) bond motifs is 1. The average molecular weight is 269 g/mol. The summed E-state index contributed by atoms with van der Waals surface area (Å²) in [7, 11) is 1.71. The molecule has 3 rings (SSSR count). The van der Waals surface area contributed by atoms with E-state index < -0.39 is 5.97 Å². The molecule has 2 heterocycles. The molecule has 0 aliphatic heterocycles. The molecule has 2 N–H and O–H groups in total. The van der Waals surface area contributed by atoms with Gasteiger partial charge in [0.15, 0.2) is 0 Å². The minimum Gasteiger partial charge on any atom is -0.475 e. The normalized spacial score (nSPS) is 10.7. The number of carbonyl (C=O) groups is 1. The van der Waals surface area contributed by atoms with Gasteiger partial charge in [-0.1, -0.05) is 18.2 Å². The second-order valence-electron chi connectivity index (χ2n) is 4.43. The van der Waals surface area contributed by atoms with Crippen molar-refractivity contribution in [3.8, 4) is 0 Å². The molecule has 100 valence electrons. The summed E-state index contributed by atoms with van der Waals surface area (Å²) in [5, 5.41) is 13.3. The van der Waals surface area contributed by atoms with Gasteiger partial charge in [0.1, 0.15) is 16.7 Å². The lowest BCUT2D eigenvalue weighted by Crippen LogP contribution is -2.38. The second kappa shape index (κ2) is 4.70. The lowest BCUT2D eigenvalue weighted by Gasteiger charge is -2.06. The number of para-hydroxylation sites is 1. The fraction of sp³-hybridized carbons (Fsp3) is 0.0667. The molecular formula is C15H13N2O3+. The number of carboxylic acids is 1. The number of carboxylic acid groups (broad SMARTS) is 1. The molecule has 0 fully saturated rings. The highest BCUT2D eigenvalue weighted by atomic mass is 16.4. The van der Waals surface area contributed by atoms with Crippen LogP contribution in [0.5, 0.6) is 0 Å². The summed E-state index contributed by atoms with van der Waals surface area (Å²) >= 11 is 0. The number of hydrogen-bond donors (Lipinski definition) is 2. The van der Waals surface area contributed by atoms with E-state index in [0.29, 0.717) is 11.4 Å².